The molecule has 0 bridgehead atoms. The Kier molecular flexibility index (Phi) is 3.57. The fourth-order valence-electron chi connectivity index (χ4n) is 1.72. The Balaban J connectivity index is 2.35. The molecule has 1 N–H and O–H groups in total. The first-order chi connectivity index (χ1) is 5.34. The van der Waals surface area contributed by atoms with Gasteiger partial charge in [0.05, 0.1) is 0 Å². The maximum atomic E-state index is 10.1. The van der Waals surface area contributed by atoms with Gasteiger partial charge in [-0.3, -0.25) is 4.79 Å². The highest BCUT2D eigenvalue weighted by Crippen LogP contribution is 2.24. The summed E-state index contributed by atoms with van der Waals surface area (Å²) in [7, 11) is 0. The van der Waals surface area contributed by atoms with Gasteiger partial charge in [0, 0.05) is 0 Å². The van der Waals surface area contributed by atoms with E-state index in [1.807, 2.05) is 0 Å². The zero-order valence-corrected chi connectivity index (χ0v) is 6.75. The Bertz CT molecular complexity index is 115. The highest BCUT2D eigenvalue weighted by Gasteiger charge is 2.20. The van der Waals surface area contributed by atoms with Gasteiger partial charge in [0.25, 0.3) is 0 Å². The van der Waals surface area contributed by atoms with Gasteiger partial charge in [0.2, 0.25) is 6.29 Å². The van der Waals surface area contributed by atoms with Crippen molar-refractivity contribution in [1.29, 1.82) is 0 Å². The van der Waals surface area contributed by atoms with E-state index in [1.165, 1.54) is 12.8 Å². The van der Waals surface area contributed by atoms with Crippen molar-refractivity contribution in [3.63, 3.8) is 0 Å². The Labute approximate surface area is 67.6 Å². The topological polar surface area (TPSA) is 37.3 Å². The van der Waals surface area contributed by atoms with Crippen LogP contribution in [0.2, 0.25) is 0 Å². The molecule has 0 aromatic rings. The van der Waals surface area contributed by atoms with Gasteiger partial charge in [0.15, 0.2) is 0 Å². The van der Waals surface area contributed by atoms with Crippen LogP contribution in [0.4, 0.5) is 0 Å². The molecule has 1 aliphatic carbocycles. The minimum absolute atomic E-state index is 0.190. The molecule has 1 fully saturated rings. The van der Waals surface area contributed by atoms with Crippen LogP contribution >= 0.6 is 0 Å². The second-order valence-electron chi connectivity index (χ2n) is 3.31. The minimum atomic E-state index is -0.826. The largest absolute Gasteiger partial charge is 0.385 e. The average Bonchev–Trinajstić information content (AvgIpc) is 2.30. The van der Waals surface area contributed by atoms with Gasteiger partial charge in [-0.1, -0.05) is 25.7 Å². The Hall–Kier alpha value is -0.370. The van der Waals surface area contributed by atoms with Crippen LogP contribution in [-0.2, 0) is 4.79 Å². The van der Waals surface area contributed by atoms with Crippen LogP contribution in [0.3, 0.4) is 0 Å². The van der Waals surface area contributed by atoms with Crippen LogP contribution in [0, 0.1) is 5.92 Å². The SMILES string of the molecule is O=[C]C(O)C1CCCCCC1. The highest BCUT2D eigenvalue weighted by atomic mass is 16.3. The molecule has 2 nitrogen and oxygen atoms in total. The molecule has 1 radical (unpaired) electrons. The first-order valence-electron chi connectivity index (χ1n) is 4.40. The van der Waals surface area contributed by atoms with Crippen LogP contribution in [0.1, 0.15) is 38.5 Å². The average molecular weight is 155 g/mol. The molecule has 1 atom stereocenters. The fraction of sp³-hybridized carbons (Fsp3) is 0.889. The molecule has 0 saturated heterocycles. The fourth-order valence-corrected chi connectivity index (χ4v) is 1.72. The molecular formula is C9H15O2. The van der Waals surface area contributed by atoms with Crippen molar-refractivity contribution in [2.24, 2.45) is 5.92 Å². The Morgan fingerprint density at radius 3 is 2.18 bits per heavy atom. The van der Waals surface area contributed by atoms with Crippen molar-refractivity contribution in [3.05, 3.63) is 0 Å². The van der Waals surface area contributed by atoms with Gasteiger partial charge < -0.3 is 5.11 Å². The smallest absolute Gasteiger partial charge is 0.229 e. The van der Waals surface area contributed by atoms with Crippen molar-refractivity contribution in [1.82, 2.24) is 0 Å². The molecule has 63 valence electrons. The van der Waals surface area contributed by atoms with Crippen molar-refractivity contribution in [2.45, 2.75) is 44.6 Å². The molecule has 0 aromatic heterocycles. The molecule has 1 aliphatic rings. The lowest BCUT2D eigenvalue weighted by Gasteiger charge is -2.14. The number of aliphatic hydroxyl groups excluding tert-OH is 1. The van der Waals surface area contributed by atoms with E-state index in [0.29, 0.717) is 0 Å². The predicted octanol–water partition coefficient (Wildman–Crippen LogP) is 1.43. The standard InChI is InChI=1S/C9H15O2/c10-7-9(11)8-5-3-1-2-4-6-8/h8-9,11H,1-6H2. The van der Waals surface area contributed by atoms with Crippen LogP contribution in [-0.4, -0.2) is 17.5 Å². The van der Waals surface area contributed by atoms with Gasteiger partial charge in [-0.05, 0) is 18.8 Å². The molecule has 1 rings (SSSR count). The summed E-state index contributed by atoms with van der Waals surface area (Å²) in [4.78, 5) is 10.1. The van der Waals surface area contributed by atoms with Gasteiger partial charge in [-0.2, -0.15) is 0 Å². The minimum Gasteiger partial charge on any atom is -0.385 e. The molecule has 0 spiro atoms. The highest BCUT2D eigenvalue weighted by molar-refractivity contribution is 5.56. The summed E-state index contributed by atoms with van der Waals surface area (Å²) >= 11 is 0. The molecule has 0 aliphatic heterocycles. The first-order valence-corrected chi connectivity index (χ1v) is 4.40. The van der Waals surface area contributed by atoms with Gasteiger partial charge in [-0.15, -0.1) is 0 Å². The summed E-state index contributed by atoms with van der Waals surface area (Å²) in [6.07, 6.45) is 7.65. The predicted molar refractivity (Wildman–Crippen MR) is 42.9 cm³/mol. The van der Waals surface area contributed by atoms with E-state index < -0.39 is 6.10 Å². The van der Waals surface area contributed by atoms with E-state index in [4.69, 9.17) is 0 Å². The van der Waals surface area contributed by atoms with Crippen molar-refractivity contribution in [3.8, 4) is 0 Å². The maximum Gasteiger partial charge on any atom is 0.229 e. The second-order valence-corrected chi connectivity index (χ2v) is 3.31. The molecule has 0 aromatic carbocycles. The summed E-state index contributed by atoms with van der Waals surface area (Å²) in [5, 5.41) is 9.18. The second kappa shape index (κ2) is 4.50. The summed E-state index contributed by atoms with van der Waals surface area (Å²) in [5.74, 6) is 0.190. The molecule has 2 heteroatoms. The third-order valence-electron chi connectivity index (χ3n) is 2.47. The first kappa shape index (κ1) is 8.72. The quantitative estimate of drug-likeness (QED) is 0.612. The van der Waals surface area contributed by atoms with Gasteiger partial charge in [-0.25, -0.2) is 0 Å². The van der Waals surface area contributed by atoms with Crippen LogP contribution in [0.5, 0.6) is 0 Å². The van der Waals surface area contributed by atoms with Crippen molar-refractivity contribution < 1.29 is 9.90 Å². The summed E-state index contributed by atoms with van der Waals surface area (Å²) in [5.41, 5.74) is 0. The summed E-state index contributed by atoms with van der Waals surface area (Å²) in [6.45, 7) is 0. The Morgan fingerprint density at radius 1 is 1.18 bits per heavy atom. The molecular weight excluding hydrogens is 140 g/mol. The lowest BCUT2D eigenvalue weighted by Crippen LogP contribution is -2.20. The molecule has 0 heterocycles. The monoisotopic (exact) mass is 155 g/mol. The molecule has 1 unspecified atom stereocenters. The van der Waals surface area contributed by atoms with Gasteiger partial charge in [0.1, 0.15) is 6.10 Å². The van der Waals surface area contributed by atoms with Crippen LogP contribution in [0.15, 0.2) is 0 Å². The summed E-state index contributed by atoms with van der Waals surface area (Å²) in [6, 6.07) is 0. The zero-order chi connectivity index (χ0) is 8.10. The number of rotatable bonds is 2. The maximum absolute atomic E-state index is 10.1. The number of carbonyl (C=O) groups excluding carboxylic acids is 1. The zero-order valence-electron chi connectivity index (χ0n) is 6.75. The van der Waals surface area contributed by atoms with E-state index in [0.717, 1.165) is 25.7 Å². The third kappa shape index (κ3) is 2.62. The third-order valence-corrected chi connectivity index (χ3v) is 2.47. The Morgan fingerprint density at radius 2 is 1.73 bits per heavy atom. The van der Waals surface area contributed by atoms with E-state index >= 15 is 0 Å². The number of aliphatic hydroxyl groups is 1. The molecule has 1 saturated carbocycles. The van der Waals surface area contributed by atoms with Crippen molar-refractivity contribution in [2.75, 3.05) is 0 Å². The van der Waals surface area contributed by atoms with Crippen molar-refractivity contribution >= 4 is 6.29 Å². The van der Waals surface area contributed by atoms with E-state index in [-0.39, 0.29) is 5.92 Å². The number of hydrogen-bond acceptors (Lipinski definition) is 2. The van der Waals surface area contributed by atoms with E-state index in [1.54, 1.807) is 6.29 Å². The van der Waals surface area contributed by atoms with E-state index in [9.17, 15) is 9.90 Å². The lowest BCUT2D eigenvalue weighted by molar-refractivity contribution is 0.154. The molecule has 0 amide bonds. The number of hydrogen-bond donors (Lipinski definition) is 1. The van der Waals surface area contributed by atoms with E-state index in [2.05, 4.69) is 0 Å². The van der Waals surface area contributed by atoms with Crippen LogP contribution in [0.25, 0.3) is 0 Å². The normalized spacial score (nSPS) is 24.1. The van der Waals surface area contributed by atoms with Gasteiger partial charge >= 0.3 is 0 Å². The molecule has 11 heavy (non-hydrogen) atoms. The lowest BCUT2D eigenvalue weighted by atomic mass is 9.95. The summed E-state index contributed by atoms with van der Waals surface area (Å²) < 4.78 is 0. The van der Waals surface area contributed by atoms with Crippen LogP contribution < -0.4 is 0 Å².